The van der Waals surface area contributed by atoms with Crippen molar-refractivity contribution in [1.82, 2.24) is 4.98 Å². The number of hydrogen-bond acceptors (Lipinski definition) is 3. The Morgan fingerprint density at radius 1 is 1.11 bits per heavy atom. The van der Waals surface area contributed by atoms with Crippen LogP contribution in [0.1, 0.15) is 18.1 Å². The highest BCUT2D eigenvalue weighted by atomic mass is 15.2. The monoisotopic (exact) mass is 241 g/mol. The van der Waals surface area contributed by atoms with Crippen LogP contribution in [0.15, 0.2) is 36.5 Å². The summed E-state index contributed by atoms with van der Waals surface area (Å²) in [6, 6.07) is 10.4. The molecule has 0 aliphatic heterocycles. The molecule has 1 heterocycles. The number of nitrogens with two attached hydrogens (primary N) is 1. The fourth-order valence-corrected chi connectivity index (χ4v) is 1.99. The maximum atomic E-state index is 6.06. The molecule has 0 saturated heterocycles. The molecule has 0 spiro atoms. The Morgan fingerprint density at radius 3 is 2.33 bits per heavy atom. The van der Waals surface area contributed by atoms with Gasteiger partial charge in [-0.2, -0.15) is 0 Å². The maximum absolute atomic E-state index is 6.06. The third kappa shape index (κ3) is 2.45. The minimum absolute atomic E-state index is 0.720. The molecule has 0 atom stereocenters. The van der Waals surface area contributed by atoms with Crippen LogP contribution < -0.4 is 10.6 Å². The van der Waals surface area contributed by atoms with Crippen molar-refractivity contribution < 1.29 is 0 Å². The standard InChI is InChI=1S/C15H19N3/c1-4-18(13-7-5-11(2)6-8-13)15-14(16)9-12(3)10-17-15/h5-10H,4,16H2,1-3H3. The molecule has 18 heavy (non-hydrogen) atoms. The normalized spacial score (nSPS) is 10.4. The highest BCUT2D eigenvalue weighted by molar-refractivity contribution is 5.71. The Labute approximate surface area is 108 Å². The summed E-state index contributed by atoms with van der Waals surface area (Å²) >= 11 is 0. The molecule has 1 aromatic heterocycles. The summed E-state index contributed by atoms with van der Waals surface area (Å²) in [6.07, 6.45) is 1.85. The van der Waals surface area contributed by atoms with Gasteiger partial charge in [0.25, 0.3) is 0 Å². The van der Waals surface area contributed by atoms with Gasteiger partial charge in [-0.05, 0) is 44.5 Å². The molecule has 2 aromatic rings. The Bertz CT molecular complexity index is 532. The van der Waals surface area contributed by atoms with Crippen LogP contribution in [0.25, 0.3) is 0 Å². The smallest absolute Gasteiger partial charge is 0.156 e. The molecule has 2 rings (SSSR count). The van der Waals surface area contributed by atoms with Gasteiger partial charge in [-0.25, -0.2) is 4.98 Å². The van der Waals surface area contributed by atoms with Crippen LogP contribution in [0.4, 0.5) is 17.2 Å². The van der Waals surface area contributed by atoms with Gasteiger partial charge in [0.2, 0.25) is 0 Å². The largest absolute Gasteiger partial charge is 0.396 e. The van der Waals surface area contributed by atoms with Crippen LogP contribution in [-0.4, -0.2) is 11.5 Å². The number of hydrogen-bond donors (Lipinski definition) is 1. The number of benzene rings is 1. The summed E-state index contributed by atoms with van der Waals surface area (Å²) in [7, 11) is 0. The molecule has 3 heteroatoms. The van der Waals surface area contributed by atoms with Crippen molar-refractivity contribution in [2.24, 2.45) is 0 Å². The van der Waals surface area contributed by atoms with Crippen molar-refractivity contribution in [1.29, 1.82) is 0 Å². The predicted molar refractivity (Wildman–Crippen MR) is 77.2 cm³/mol. The second-order valence-corrected chi connectivity index (χ2v) is 4.51. The van der Waals surface area contributed by atoms with E-state index in [-0.39, 0.29) is 0 Å². The van der Waals surface area contributed by atoms with Crippen molar-refractivity contribution in [2.75, 3.05) is 17.2 Å². The van der Waals surface area contributed by atoms with E-state index in [2.05, 4.69) is 48.0 Å². The van der Waals surface area contributed by atoms with Gasteiger partial charge in [0, 0.05) is 18.4 Å². The molecule has 0 unspecified atom stereocenters. The number of rotatable bonds is 3. The third-order valence-electron chi connectivity index (χ3n) is 2.95. The molecule has 0 aliphatic carbocycles. The average Bonchev–Trinajstić information content (AvgIpc) is 2.35. The molecular formula is C15H19N3. The van der Waals surface area contributed by atoms with E-state index in [1.54, 1.807) is 0 Å². The first-order chi connectivity index (χ1) is 8.61. The molecule has 0 radical (unpaired) electrons. The molecule has 0 bridgehead atoms. The van der Waals surface area contributed by atoms with Gasteiger partial charge in [-0.1, -0.05) is 17.7 Å². The van der Waals surface area contributed by atoms with Crippen LogP contribution in [0.3, 0.4) is 0 Å². The van der Waals surface area contributed by atoms with E-state index in [0.29, 0.717) is 0 Å². The SMILES string of the molecule is CCN(c1ccc(C)cc1)c1ncc(C)cc1N. The van der Waals surface area contributed by atoms with Crippen molar-refractivity contribution >= 4 is 17.2 Å². The summed E-state index contributed by atoms with van der Waals surface area (Å²) in [5.74, 6) is 0.826. The van der Waals surface area contributed by atoms with Gasteiger partial charge in [0.15, 0.2) is 5.82 Å². The lowest BCUT2D eigenvalue weighted by Crippen LogP contribution is -2.18. The molecule has 1 aromatic carbocycles. The van der Waals surface area contributed by atoms with E-state index >= 15 is 0 Å². The minimum atomic E-state index is 0.720. The van der Waals surface area contributed by atoms with Crippen molar-refractivity contribution in [3.8, 4) is 0 Å². The lowest BCUT2D eigenvalue weighted by Gasteiger charge is -2.23. The van der Waals surface area contributed by atoms with E-state index in [9.17, 15) is 0 Å². The second-order valence-electron chi connectivity index (χ2n) is 4.51. The van der Waals surface area contributed by atoms with Crippen LogP contribution in [0.2, 0.25) is 0 Å². The lowest BCUT2D eigenvalue weighted by atomic mass is 10.2. The predicted octanol–water partition coefficient (Wildman–Crippen LogP) is 3.44. The number of anilines is 3. The van der Waals surface area contributed by atoms with Crippen molar-refractivity contribution in [2.45, 2.75) is 20.8 Å². The van der Waals surface area contributed by atoms with Gasteiger partial charge in [0.05, 0.1) is 5.69 Å². The highest BCUT2D eigenvalue weighted by Crippen LogP contribution is 2.28. The summed E-state index contributed by atoms with van der Waals surface area (Å²) in [6.45, 7) is 7.01. The van der Waals surface area contributed by atoms with E-state index in [1.165, 1.54) is 5.56 Å². The summed E-state index contributed by atoms with van der Waals surface area (Å²) in [5.41, 5.74) is 10.2. The second kappa shape index (κ2) is 5.08. The summed E-state index contributed by atoms with van der Waals surface area (Å²) in [5, 5.41) is 0. The van der Waals surface area contributed by atoms with Crippen molar-refractivity contribution in [3.05, 3.63) is 47.7 Å². The first-order valence-electron chi connectivity index (χ1n) is 6.18. The molecule has 0 fully saturated rings. The molecular weight excluding hydrogens is 222 g/mol. The molecule has 3 nitrogen and oxygen atoms in total. The maximum Gasteiger partial charge on any atom is 0.156 e. The quantitative estimate of drug-likeness (QED) is 0.895. The summed E-state index contributed by atoms with van der Waals surface area (Å²) in [4.78, 5) is 6.57. The third-order valence-corrected chi connectivity index (χ3v) is 2.95. The first kappa shape index (κ1) is 12.4. The van der Waals surface area contributed by atoms with Gasteiger partial charge in [0.1, 0.15) is 0 Å². The minimum Gasteiger partial charge on any atom is -0.396 e. The lowest BCUT2D eigenvalue weighted by molar-refractivity contribution is 0.989. The van der Waals surface area contributed by atoms with Crippen molar-refractivity contribution in [3.63, 3.8) is 0 Å². The highest BCUT2D eigenvalue weighted by Gasteiger charge is 2.11. The fourth-order valence-electron chi connectivity index (χ4n) is 1.99. The van der Waals surface area contributed by atoms with Crippen LogP contribution >= 0.6 is 0 Å². The molecule has 0 aliphatic rings. The van der Waals surface area contributed by atoms with Gasteiger partial charge in [-0.3, -0.25) is 0 Å². The topological polar surface area (TPSA) is 42.2 Å². The molecule has 0 saturated carbocycles. The molecule has 94 valence electrons. The number of aromatic nitrogens is 1. The van der Waals surface area contributed by atoms with E-state index in [0.717, 1.165) is 29.3 Å². The number of aryl methyl sites for hydroxylation is 2. The molecule has 0 amide bonds. The summed E-state index contributed by atoms with van der Waals surface area (Å²) < 4.78 is 0. The zero-order chi connectivity index (χ0) is 13.1. The zero-order valence-corrected chi connectivity index (χ0v) is 11.1. The van der Waals surface area contributed by atoms with Gasteiger partial charge >= 0.3 is 0 Å². The number of nitrogen functional groups attached to an aromatic ring is 1. The van der Waals surface area contributed by atoms with Crippen LogP contribution in [-0.2, 0) is 0 Å². The van der Waals surface area contributed by atoms with Gasteiger partial charge < -0.3 is 10.6 Å². The fraction of sp³-hybridized carbons (Fsp3) is 0.267. The van der Waals surface area contributed by atoms with Gasteiger partial charge in [-0.15, -0.1) is 0 Å². The molecule has 2 N–H and O–H groups in total. The Balaban J connectivity index is 2.41. The Morgan fingerprint density at radius 2 is 1.78 bits per heavy atom. The average molecular weight is 241 g/mol. The Kier molecular flexibility index (Phi) is 3.51. The zero-order valence-electron chi connectivity index (χ0n) is 11.1. The Hall–Kier alpha value is -2.03. The van der Waals surface area contributed by atoms with E-state index < -0.39 is 0 Å². The first-order valence-corrected chi connectivity index (χ1v) is 6.18. The van der Waals surface area contributed by atoms with Crippen LogP contribution in [0.5, 0.6) is 0 Å². The number of pyridine rings is 1. The number of nitrogens with zero attached hydrogens (tertiary/aromatic N) is 2. The van der Waals surface area contributed by atoms with E-state index in [4.69, 9.17) is 5.73 Å². The van der Waals surface area contributed by atoms with Crippen LogP contribution in [0, 0.1) is 13.8 Å². The van der Waals surface area contributed by atoms with E-state index in [1.807, 2.05) is 19.2 Å².